The number of hydrogen-bond donors (Lipinski definition) is 1. The van der Waals surface area contributed by atoms with Gasteiger partial charge in [-0.25, -0.2) is 0 Å². The van der Waals surface area contributed by atoms with Crippen molar-refractivity contribution in [3.63, 3.8) is 0 Å². The van der Waals surface area contributed by atoms with Gasteiger partial charge in [0.25, 0.3) is 0 Å². The zero-order valence-corrected chi connectivity index (χ0v) is 12.0. The number of hydrogen-bond acceptors (Lipinski definition) is 3. The summed E-state index contributed by atoms with van der Waals surface area (Å²) in [7, 11) is 0. The van der Waals surface area contributed by atoms with E-state index in [4.69, 9.17) is 9.47 Å². The van der Waals surface area contributed by atoms with Crippen molar-refractivity contribution >= 4 is 5.69 Å². The molecule has 0 unspecified atom stereocenters. The summed E-state index contributed by atoms with van der Waals surface area (Å²) in [6.07, 6.45) is 3.06. The Morgan fingerprint density at radius 2 is 1.90 bits per heavy atom. The van der Waals surface area contributed by atoms with Crippen molar-refractivity contribution in [3.05, 3.63) is 53.6 Å². The van der Waals surface area contributed by atoms with Crippen molar-refractivity contribution in [2.45, 2.75) is 37.5 Å². The number of para-hydroxylation sites is 1. The molecule has 0 bridgehead atoms. The zero-order chi connectivity index (χ0) is 14.1. The van der Waals surface area contributed by atoms with Crippen LogP contribution in [0.2, 0.25) is 0 Å². The maximum atomic E-state index is 6.58. The van der Waals surface area contributed by atoms with Crippen molar-refractivity contribution < 1.29 is 9.47 Å². The fourth-order valence-corrected chi connectivity index (χ4v) is 4.17. The first-order valence-corrected chi connectivity index (χ1v) is 7.59. The highest BCUT2D eigenvalue weighted by Crippen LogP contribution is 2.61. The van der Waals surface area contributed by atoms with Crippen LogP contribution in [0.4, 0.5) is 5.69 Å². The first kappa shape index (κ1) is 11.5. The summed E-state index contributed by atoms with van der Waals surface area (Å²) in [6, 6.07) is 14.6. The smallest absolute Gasteiger partial charge is 0.225 e. The van der Waals surface area contributed by atoms with Gasteiger partial charge >= 0.3 is 0 Å². The Balaban J connectivity index is 1.75. The van der Waals surface area contributed by atoms with E-state index < -0.39 is 5.72 Å². The maximum absolute atomic E-state index is 6.58. The molecule has 2 aliphatic heterocycles. The van der Waals surface area contributed by atoms with E-state index in [1.807, 2.05) is 6.07 Å². The second kappa shape index (κ2) is 3.53. The lowest BCUT2D eigenvalue weighted by Crippen LogP contribution is -2.58. The number of nitrogens with one attached hydrogen (secondary N) is 1. The average molecular weight is 279 g/mol. The molecule has 1 aliphatic carbocycles. The van der Waals surface area contributed by atoms with E-state index in [0.29, 0.717) is 0 Å². The Morgan fingerprint density at radius 1 is 1.00 bits per heavy atom. The molecule has 0 amide bonds. The molecule has 1 fully saturated rings. The zero-order valence-electron chi connectivity index (χ0n) is 12.0. The molecule has 0 saturated heterocycles. The summed E-state index contributed by atoms with van der Waals surface area (Å²) in [5.41, 5.74) is 2.73. The minimum atomic E-state index is -0.445. The molecule has 0 spiro atoms. The van der Waals surface area contributed by atoms with E-state index in [2.05, 4.69) is 48.6 Å². The van der Waals surface area contributed by atoms with E-state index in [9.17, 15) is 0 Å². The second-order valence-corrected chi connectivity index (χ2v) is 6.33. The van der Waals surface area contributed by atoms with Gasteiger partial charge in [0, 0.05) is 17.7 Å². The summed E-state index contributed by atoms with van der Waals surface area (Å²) in [4.78, 5) is 0. The van der Waals surface area contributed by atoms with Gasteiger partial charge in [0.2, 0.25) is 5.72 Å². The lowest BCUT2D eigenvalue weighted by atomic mass is 9.87. The standard InChI is InChI=1S/C18H17NO2/c1-12-7-8-15-16(11-12)20-17-9-4-10-18(17,21-15)19-14-6-3-2-5-13(14)17/h2-3,5-8,11,19H,4,9-10H2,1H3/t17-,18-/m0/s1. The molecule has 3 heteroatoms. The summed E-state index contributed by atoms with van der Waals surface area (Å²) in [6.45, 7) is 2.08. The van der Waals surface area contributed by atoms with Crippen LogP contribution in [0, 0.1) is 6.92 Å². The largest absolute Gasteiger partial charge is 0.472 e. The van der Waals surface area contributed by atoms with E-state index in [0.717, 1.165) is 36.4 Å². The van der Waals surface area contributed by atoms with Crippen LogP contribution < -0.4 is 14.8 Å². The van der Waals surface area contributed by atoms with Crippen LogP contribution in [-0.4, -0.2) is 5.72 Å². The van der Waals surface area contributed by atoms with Crippen molar-refractivity contribution in [2.24, 2.45) is 0 Å². The topological polar surface area (TPSA) is 30.5 Å². The van der Waals surface area contributed by atoms with Crippen molar-refractivity contribution in [1.82, 2.24) is 0 Å². The molecule has 2 atom stereocenters. The molecule has 1 N–H and O–H groups in total. The summed E-state index contributed by atoms with van der Waals surface area (Å²) in [5.74, 6) is 1.71. The molecule has 21 heavy (non-hydrogen) atoms. The minimum absolute atomic E-state index is 0.385. The molecule has 0 radical (unpaired) electrons. The van der Waals surface area contributed by atoms with Crippen LogP contribution in [0.3, 0.4) is 0 Å². The van der Waals surface area contributed by atoms with Crippen LogP contribution in [0.25, 0.3) is 0 Å². The number of fused-ring (bicyclic) bond motifs is 2. The molecule has 2 aromatic rings. The number of aryl methyl sites for hydroxylation is 1. The monoisotopic (exact) mass is 279 g/mol. The quantitative estimate of drug-likeness (QED) is 0.791. The van der Waals surface area contributed by atoms with Gasteiger partial charge in [0.15, 0.2) is 17.1 Å². The van der Waals surface area contributed by atoms with Crippen molar-refractivity contribution in [2.75, 3.05) is 5.32 Å². The third-order valence-corrected chi connectivity index (χ3v) is 5.08. The number of benzene rings is 2. The van der Waals surface area contributed by atoms with Gasteiger partial charge in [0.05, 0.1) is 0 Å². The first-order chi connectivity index (χ1) is 10.2. The summed E-state index contributed by atoms with van der Waals surface area (Å²) < 4.78 is 13.0. The molecule has 2 heterocycles. The van der Waals surface area contributed by atoms with E-state index in [1.54, 1.807) is 0 Å². The average Bonchev–Trinajstić information content (AvgIpc) is 2.95. The maximum Gasteiger partial charge on any atom is 0.225 e. The van der Waals surface area contributed by atoms with Crippen LogP contribution in [-0.2, 0) is 5.60 Å². The number of anilines is 1. The van der Waals surface area contributed by atoms with E-state index >= 15 is 0 Å². The summed E-state index contributed by atoms with van der Waals surface area (Å²) >= 11 is 0. The minimum Gasteiger partial charge on any atom is -0.472 e. The van der Waals surface area contributed by atoms with E-state index in [-0.39, 0.29) is 5.60 Å². The van der Waals surface area contributed by atoms with Gasteiger partial charge in [-0.3, -0.25) is 0 Å². The highest BCUT2D eigenvalue weighted by atomic mass is 16.6. The van der Waals surface area contributed by atoms with Crippen LogP contribution in [0.1, 0.15) is 30.4 Å². The van der Waals surface area contributed by atoms with Crippen LogP contribution in [0.15, 0.2) is 42.5 Å². The lowest BCUT2D eigenvalue weighted by molar-refractivity contribution is -0.101. The highest BCUT2D eigenvalue weighted by molar-refractivity contribution is 5.66. The molecule has 3 nitrogen and oxygen atoms in total. The van der Waals surface area contributed by atoms with Gasteiger partial charge in [-0.1, -0.05) is 24.3 Å². The first-order valence-electron chi connectivity index (χ1n) is 7.59. The third-order valence-electron chi connectivity index (χ3n) is 5.08. The van der Waals surface area contributed by atoms with Gasteiger partial charge in [0.1, 0.15) is 0 Å². The van der Waals surface area contributed by atoms with Gasteiger partial charge < -0.3 is 14.8 Å². The molecule has 3 aliphatic rings. The Labute approximate surface area is 123 Å². The summed E-state index contributed by atoms with van der Waals surface area (Å²) in [5, 5.41) is 3.61. The Morgan fingerprint density at radius 3 is 2.86 bits per heavy atom. The van der Waals surface area contributed by atoms with Crippen LogP contribution >= 0.6 is 0 Å². The SMILES string of the molecule is Cc1ccc2c(c1)O[C@]13CCC[C@]1(Nc1ccccc13)O2. The predicted molar refractivity (Wildman–Crippen MR) is 80.8 cm³/mol. The normalized spacial score (nSPS) is 31.1. The van der Waals surface area contributed by atoms with Gasteiger partial charge in [-0.2, -0.15) is 0 Å². The molecule has 106 valence electrons. The molecule has 5 rings (SSSR count). The predicted octanol–water partition coefficient (Wildman–Crippen LogP) is 3.97. The van der Waals surface area contributed by atoms with E-state index in [1.165, 1.54) is 11.1 Å². The molecular weight excluding hydrogens is 262 g/mol. The fraction of sp³-hybridized carbons (Fsp3) is 0.333. The Hall–Kier alpha value is -2.16. The van der Waals surface area contributed by atoms with Gasteiger partial charge in [-0.05, 0) is 43.5 Å². The third kappa shape index (κ3) is 1.25. The Bertz CT molecular complexity index is 757. The van der Waals surface area contributed by atoms with Crippen molar-refractivity contribution in [1.29, 1.82) is 0 Å². The molecule has 0 aromatic heterocycles. The second-order valence-electron chi connectivity index (χ2n) is 6.33. The number of ether oxygens (including phenoxy) is 2. The van der Waals surface area contributed by atoms with Crippen LogP contribution in [0.5, 0.6) is 11.5 Å². The number of rotatable bonds is 0. The highest BCUT2D eigenvalue weighted by Gasteiger charge is 2.67. The Kier molecular flexibility index (Phi) is 1.93. The molecule has 2 aromatic carbocycles. The lowest BCUT2D eigenvalue weighted by Gasteiger charge is -2.45. The van der Waals surface area contributed by atoms with Gasteiger partial charge in [-0.15, -0.1) is 0 Å². The molecule has 1 saturated carbocycles. The molecular formula is C18H17NO2. The fourth-order valence-electron chi connectivity index (χ4n) is 4.17. The van der Waals surface area contributed by atoms with Crippen molar-refractivity contribution in [3.8, 4) is 11.5 Å².